The van der Waals surface area contributed by atoms with Crippen molar-refractivity contribution in [3.63, 3.8) is 0 Å². The number of carbonyl (C=O) groups excluding carboxylic acids is 1. The topological polar surface area (TPSA) is 76.7 Å². The molecule has 3 N–H and O–H groups in total. The summed E-state index contributed by atoms with van der Waals surface area (Å²) in [6.07, 6.45) is 3.74. The number of nitrogens with two attached hydrogens (primary N) is 1. The first-order valence-corrected chi connectivity index (χ1v) is 7.61. The summed E-state index contributed by atoms with van der Waals surface area (Å²) >= 11 is 0. The first kappa shape index (κ1) is 16.5. The summed E-state index contributed by atoms with van der Waals surface area (Å²) in [4.78, 5) is 11.9. The molecule has 2 aromatic carbocycles. The van der Waals surface area contributed by atoms with E-state index in [0.29, 0.717) is 11.3 Å². The highest BCUT2D eigenvalue weighted by molar-refractivity contribution is 5.95. The van der Waals surface area contributed by atoms with E-state index in [2.05, 4.69) is 17.5 Å². The number of carbonyl (C=O) groups is 1. The second-order valence-corrected chi connectivity index (χ2v) is 5.09. The fourth-order valence-corrected chi connectivity index (χ4v) is 1.85. The smallest absolute Gasteiger partial charge is 0.271 e. The summed E-state index contributed by atoms with van der Waals surface area (Å²) in [5, 5.41) is 3.95. The fourth-order valence-electron chi connectivity index (χ4n) is 1.85. The van der Waals surface area contributed by atoms with Crippen molar-refractivity contribution in [2.75, 3.05) is 12.3 Å². The van der Waals surface area contributed by atoms with Gasteiger partial charge in [-0.1, -0.05) is 13.3 Å². The van der Waals surface area contributed by atoms with E-state index >= 15 is 0 Å². The molecule has 5 nitrogen and oxygen atoms in total. The molecule has 0 saturated carbocycles. The van der Waals surface area contributed by atoms with E-state index in [1.54, 1.807) is 30.5 Å². The first-order chi connectivity index (χ1) is 11.2. The summed E-state index contributed by atoms with van der Waals surface area (Å²) in [5.74, 6) is 0.558. The maximum absolute atomic E-state index is 11.9. The third kappa shape index (κ3) is 5.47. The highest BCUT2D eigenvalue weighted by Gasteiger charge is 2.02. The van der Waals surface area contributed by atoms with Crippen LogP contribution in [0.1, 0.15) is 35.7 Å². The van der Waals surface area contributed by atoms with Crippen molar-refractivity contribution in [2.45, 2.75) is 19.8 Å². The Balaban J connectivity index is 1.85. The normalized spacial score (nSPS) is 10.7. The second kappa shape index (κ2) is 8.58. The van der Waals surface area contributed by atoms with Crippen molar-refractivity contribution >= 4 is 17.8 Å². The van der Waals surface area contributed by atoms with Gasteiger partial charge in [-0.25, -0.2) is 5.43 Å². The number of nitrogens with one attached hydrogen (secondary N) is 1. The molecule has 2 rings (SSSR count). The lowest BCUT2D eigenvalue weighted by molar-refractivity contribution is 0.0955. The van der Waals surface area contributed by atoms with Gasteiger partial charge in [-0.2, -0.15) is 5.10 Å². The molecule has 2 aromatic rings. The Labute approximate surface area is 136 Å². The van der Waals surface area contributed by atoms with Gasteiger partial charge in [-0.05, 0) is 60.5 Å². The minimum Gasteiger partial charge on any atom is -0.494 e. The summed E-state index contributed by atoms with van der Waals surface area (Å²) < 4.78 is 5.59. The molecule has 0 atom stereocenters. The Hall–Kier alpha value is -2.82. The quantitative estimate of drug-likeness (QED) is 0.357. The summed E-state index contributed by atoms with van der Waals surface area (Å²) in [5.41, 5.74) is 10.1. The van der Waals surface area contributed by atoms with E-state index in [-0.39, 0.29) is 5.91 Å². The van der Waals surface area contributed by atoms with Crippen LogP contribution in [0.3, 0.4) is 0 Å². The number of rotatable bonds is 7. The van der Waals surface area contributed by atoms with Crippen LogP contribution < -0.4 is 15.9 Å². The Kier molecular flexibility index (Phi) is 6.17. The van der Waals surface area contributed by atoms with Gasteiger partial charge >= 0.3 is 0 Å². The summed E-state index contributed by atoms with van der Waals surface area (Å²) in [7, 11) is 0. The Morgan fingerprint density at radius 2 is 1.87 bits per heavy atom. The maximum atomic E-state index is 11.9. The van der Waals surface area contributed by atoms with Crippen molar-refractivity contribution in [2.24, 2.45) is 5.10 Å². The van der Waals surface area contributed by atoms with E-state index in [9.17, 15) is 4.79 Å². The number of hydrogen-bond donors (Lipinski definition) is 2. The van der Waals surface area contributed by atoms with Crippen LogP contribution in [0, 0.1) is 0 Å². The van der Waals surface area contributed by atoms with Crippen molar-refractivity contribution in [1.82, 2.24) is 5.43 Å². The number of unbranched alkanes of at least 4 members (excludes halogenated alkanes) is 1. The van der Waals surface area contributed by atoms with Gasteiger partial charge in [-0.3, -0.25) is 4.79 Å². The monoisotopic (exact) mass is 311 g/mol. The van der Waals surface area contributed by atoms with Crippen LogP contribution in [0.2, 0.25) is 0 Å². The number of benzene rings is 2. The average Bonchev–Trinajstić information content (AvgIpc) is 2.57. The minimum absolute atomic E-state index is 0.277. The molecule has 120 valence electrons. The summed E-state index contributed by atoms with van der Waals surface area (Å²) in [6.45, 7) is 2.85. The second-order valence-electron chi connectivity index (χ2n) is 5.09. The predicted molar refractivity (Wildman–Crippen MR) is 92.8 cm³/mol. The SMILES string of the molecule is CCCCOc1ccc(C=NNC(=O)c2ccc(N)cc2)cc1. The van der Waals surface area contributed by atoms with Gasteiger partial charge in [0, 0.05) is 11.3 Å². The van der Waals surface area contributed by atoms with Gasteiger partial charge in [0.25, 0.3) is 5.91 Å². The zero-order valence-corrected chi connectivity index (χ0v) is 13.2. The molecular formula is C18H21N3O2. The number of hydrazone groups is 1. The number of nitrogen functional groups attached to an aromatic ring is 1. The predicted octanol–water partition coefficient (Wildman–Crippen LogP) is 3.21. The van der Waals surface area contributed by atoms with Crippen molar-refractivity contribution in [3.8, 4) is 5.75 Å². The van der Waals surface area contributed by atoms with Crippen molar-refractivity contribution in [3.05, 3.63) is 59.7 Å². The molecule has 0 aliphatic carbocycles. The lowest BCUT2D eigenvalue weighted by Crippen LogP contribution is -2.17. The third-order valence-corrected chi connectivity index (χ3v) is 3.20. The highest BCUT2D eigenvalue weighted by atomic mass is 16.5. The molecule has 0 aliphatic heterocycles. The lowest BCUT2D eigenvalue weighted by atomic mass is 10.2. The largest absolute Gasteiger partial charge is 0.494 e. The number of hydrogen-bond acceptors (Lipinski definition) is 4. The molecule has 0 bridgehead atoms. The molecule has 5 heteroatoms. The van der Waals surface area contributed by atoms with Crippen LogP contribution in [-0.2, 0) is 0 Å². The van der Waals surface area contributed by atoms with E-state index in [1.165, 1.54) is 0 Å². The molecule has 0 aromatic heterocycles. The van der Waals surface area contributed by atoms with Crippen LogP contribution >= 0.6 is 0 Å². The summed E-state index contributed by atoms with van der Waals surface area (Å²) in [6, 6.07) is 14.2. The lowest BCUT2D eigenvalue weighted by Gasteiger charge is -2.05. The molecule has 0 heterocycles. The maximum Gasteiger partial charge on any atom is 0.271 e. The molecule has 23 heavy (non-hydrogen) atoms. The van der Waals surface area contributed by atoms with E-state index < -0.39 is 0 Å². The van der Waals surface area contributed by atoms with Crippen LogP contribution in [-0.4, -0.2) is 18.7 Å². The van der Waals surface area contributed by atoms with Crippen LogP contribution in [0.15, 0.2) is 53.6 Å². The average molecular weight is 311 g/mol. The van der Waals surface area contributed by atoms with E-state index in [4.69, 9.17) is 10.5 Å². The first-order valence-electron chi connectivity index (χ1n) is 7.61. The Morgan fingerprint density at radius 1 is 1.17 bits per heavy atom. The fraction of sp³-hybridized carbons (Fsp3) is 0.222. The minimum atomic E-state index is -0.277. The van der Waals surface area contributed by atoms with E-state index in [0.717, 1.165) is 30.8 Å². The standard InChI is InChI=1S/C18H21N3O2/c1-2-3-12-23-17-10-4-14(5-11-17)13-20-21-18(22)15-6-8-16(19)9-7-15/h4-11,13H,2-3,12,19H2,1H3,(H,21,22). The Morgan fingerprint density at radius 3 is 2.52 bits per heavy atom. The van der Waals surface area contributed by atoms with Crippen molar-refractivity contribution < 1.29 is 9.53 Å². The number of ether oxygens (including phenoxy) is 1. The molecule has 0 fully saturated rings. The highest BCUT2D eigenvalue weighted by Crippen LogP contribution is 2.11. The molecule has 0 radical (unpaired) electrons. The van der Waals surface area contributed by atoms with Crippen LogP contribution in [0.4, 0.5) is 5.69 Å². The van der Waals surface area contributed by atoms with Gasteiger partial charge in [0.05, 0.1) is 12.8 Å². The van der Waals surface area contributed by atoms with Gasteiger partial charge in [-0.15, -0.1) is 0 Å². The molecule has 0 spiro atoms. The van der Waals surface area contributed by atoms with Crippen LogP contribution in [0.5, 0.6) is 5.75 Å². The number of anilines is 1. The van der Waals surface area contributed by atoms with Crippen LogP contribution in [0.25, 0.3) is 0 Å². The zero-order valence-electron chi connectivity index (χ0n) is 13.2. The number of amides is 1. The van der Waals surface area contributed by atoms with Gasteiger partial charge in [0.2, 0.25) is 0 Å². The van der Waals surface area contributed by atoms with Gasteiger partial charge in [0.1, 0.15) is 5.75 Å². The van der Waals surface area contributed by atoms with Gasteiger partial charge < -0.3 is 10.5 Å². The molecule has 1 amide bonds. The van der Waals surface area contributed by atoms with Gasteiger partial charge in [0.15, 0.2) is 0 Å². The Bertz CT molecular complexity index is 649. The molecule has 0 saturated heterocycles. The zero-order chi connectivity index (χ0) is 16.5. The third-order valence-electron chi connectivity index (χ3n) is 3.20. The molecular weight excluding hydrogens is 290 g/mol. The van der Waals surface area contributed by atoms with Crippen molar-refractivity contribution in [1.29, 1.82) is 0 Å². The molecule has 0 unspecified atom stereocenters. The number of nitrogens with zero attached hydrogens (tertiary/aromatic N) is 1. The van der Waals surface area contributed by atoms with E-state index in [1.807, 2.05) is 24.3 Å². The molecule has 0 aliphatic rings.